The summed E-state index contributed by atoms with van der Waals surface area (Å²) in [5.74, 6) is -4.10. The van der Waals surface area contributed by atoms with Gasteiger partial charge in [0.15, 0.2) is 0 Å². The zero-order chi connectivity index (χ0) is 16.2. The summed E-state index contributed by atoms with van der Waals surface area (Å²) >= 11 is 0. The van der Waals surface area contributed by atoms with Crippen LogP contribution < -0.4 is 5.73 Å². The fraction of sp³-hybridized carbons (Fsp3) is 0.462. The number of aliphatic imine (C=N–C) groups is 1. The van der Waals surface area contributed by atoms with Crippen LogP contribution >= 0.6 is 0 Å². The Bertz CT molecular complexity index is 772. The van der Waals surface area contributed by atoms with Crippen molar-refractivity contribution in [3.63, 3.8) is 0 Å². The molecule has 5 nitrogen and oxygen atoms in total. The predicted molar refractivity (Wildman–Crippen MR) is 77.3 cm³/mol. The summed E-state index contributed by atoms with van der Waals surface area (Å²) in [6.07, 6.45) is 0. The van der Waals surface area contributed by atoms with Crippen LogP contribution in [0, 0.1) is 5.82 Å². The fourth-order valence-corrected chi connectivity index (χ4v) is 5.17. The third-order valence-corrected chi connectivity index (χ3v) is 6.23. The van der Waals surface area contributed by atoms with E-state index in [0.29, 0.717) is 0 Å². The van der Waals surface area contributed by atoms with Crippen LogP contribution in [-0.4, -0.2) is 39.2 Å². The Hall–Kier alpha value is -1.77. The lowest BCUT2D eigenvalue weighted by Crippen LogP contribution is -2.58. The lowest BCUT2D eigenvalue weighted by molar-refractivity contribution is -0.000390. The van der Waals surface area contributed by atoms with Gasteiger partial charge in [0.25, 0.3) is 5.92 Å². The summed E-state index contributed by atoms with van der Waals surface area (Å²) in [6.45, 7) is -0.0501. The smallest absolute Gasteiger partial charge is 0.286 e. The predicted octanol–water partition coefficient (Wildman–Crippen LogP) is 1.70. The molecule has 0 saturated heterocycles. The van der Waals surface area contributed by atoms with Gasteiger partial charge in [-0.2, -0.15) is 0 Å². The Morgan fingerprint density at radius 2 is 2.05 bits per heavy atom. The van der Waals surface area contributed by atoms with Crippen molar-refractivity contribution >= 4 is 15.9 Å². The first-order valence-electron chi connectivity index (χ1n) is 6.62. The Morgan fingerprint density at radius 3 is 2.73 bits per heavy atom. The number of benzene rings is 1. The summed E-state index contributed by atoms with van der Waals surface area (Å²) in [4.78, 5) is 4.15. The van der Waals surface area contributed by atoms with Crippen molar-refractivity contribution < 1.29 is 17.4 Å². The van der Waals surface area contributed by atoms with E-state index in [-0.39, 0.29) is 17.3 Å². The number of nitrogens with zero attached hydrogens (tertiary/aromatic N) is 3. The van der Waals surface area contributed by atoms with Gasteiger partial charge in [-0.15, -0.1) is 0 Å². The Labute approximate surface area is 126 Å². The van der Waals surface area contributed by atoms with Gasteiger partial charge in [-0.3, -0.25) is 0 Å². The molecule has 2 N–H and O–H groups in total. The molecule has 1 unspecified atom stereocenters. The fourth-order valence-electron chi connectivity index (χ4n) is 2.72. The van der Waals surface area contributed by atoms with Crippen LogP contribution in [0.5, 0.6) is 0 Å². The van der Waals surface area contributed by atoms with Crippen molar-refractivity contribution in [3.05, 3.63) is 35.6 Å². The van der Waals surface area contributed by atoms with Crippen molar-refractivity contribution in [2.45, 2.75) is 18.4 Å². The van der Waals surface area contributed by atoms with Crippen LogP contribution in [0.15, 0.2) is 33.6 Å². The molecule has 1 aromatic carbocycles. The molecule has 1 aromatic rings. The van der Waals surface area contributed by atoms with E-state index in [0.717, 1.165) is 4.31 Å². The number of nitrogens with two attached hydrogens (primary N) is 1. The third kappa shape index (κ3) is 2.33. The minimum atomic E-state index is -3.17. The van der Waals surface area contributed by atoms with Gasteiger partial charge >= 0.3 is 0 Å². The summed E-state index contributed by atoms with van der Waals surface area (Å²) in [5, 5.41) is 0. The van der Waals surface area contributed by atoms with E-state index in [2.05, 4.69) is 9.36 Å². The second-order valence-corrected chi connectivity index (χ2v) is 7.86. The number of fused-ring (bicyclic) bond motifs is 1. The molecule has 0 amide bonds. The van der Waals surface area contributed by atoms with Crippen molar-refractivity contribution in [2.75, 3.05) is 18.8 Å². The maximum absolute atomic E-state index is 14.1. The number of rotatable bonds is 1. The molecule has 0 fully saturated rings. The lowest BCUT2D eigenvalue weighted by Gasteiger charge is -2.42. The highest BCUT2D eigenvalue weighted by Gasteiger charge is 2.48. The molecule has 120 valence electrons. The van der Waals surface area contributed by atoms with E-state index >= 15 is 0 Å². The minimum Gasteiger partial charge on any atom is -0.369 e. The SMILES string of the molecule is C[C@@]1(c2ccccc2F)CS2(=O)=NCC(F)(F)CN2C(N)=N1. The van der Waals surface area contributed by atoms with Crippen LogP contribution in [0.2, 0.25) is 0 Å². The van der Waals surface area contributed by atoms with E-state index in [1.165, 1.54) is 18.2 Å². The maximum Gasteiger partial charge on any atom is 0.286 e. The van der Waals surface area contributed by atoms with Gasteiger partial charge < -0.3 is 5.73 Å². The van der Waals surface area contributed by atoms with E-state index in [1.807, 2.05) is 0 Å². The molecule has 3 rings (SSSR count). The number of hydrogen-bond acceptors (Lipinski definition) is 4. The van der Waals surface area contributed by atoms with Crippen molar-refractivity contribution in [1.82, 2.24) is 4.31 Å². The minimum absolute atomic E-state index is 0.183. The number of alkyl halides is 2. The summed E-state index contributed by atoms with van der Waals surface area (Å²) in [5.41, 5.74) is 4.75. The second-order valence-electron chi connectivity index (χ2n) is 5.65. The zero-order valence-electron chi connectivity index (χ0n) is 11.8. The molecule has 2 aliphatic rings. The molecule has 0 saturated carbocycles. The Morgan fingerprint density at radius 1 is 1.36 bits per heavy atom. The largest absolute Gasteiger partial charge is 0.369 e. The van der Waals surface area contributed by atoms with Crippen LogP contribution in [0.25, 0.3) is 0 Å². The molecular weight excluding hydrogens is 317 g/mol. The average molecular weight is 332 g/mol. The van der Waals surface area contributed by atoms with Crippen molar-refractivity contribution in [2.24, 2.45) is 15.1 Å². The lowest BCUT2D eigenvalue weighted by atomic mass is 9.94. The molecule has 0 bridgehead atoms. The monoisotopic (exact) mass is 332 g/mol. The highest BCUT2D eigenvalue weighted by Crippen LogP contribution is 2.37. The molecule has 0 aliphatic carbocycles. The van der Waals surface area contributed by atoms with Crippen LogP contribution in [-0.2, 0) is 15.5 Å². The molecule has 2 atom stereocenters. The van der Waals surface area contributed by atoms with Gasteiger partial charge in [0.2, 0.25) is 5.96 Å². The highest BCUT2D eigenvalue weighted by molar-refractivity contribution is 7.92. The quantitative estimate of drug-likeness (QED) is 0.850. The van der Waals surface area contributed by atoms with Gasteiger partial charge in [-0.25, -0.2) is 31.0 Å². The van der Waals surface area contributed by atoms with Gasteiger partial charge in [-0.1, -0.05) is 18.2 Å². The molecule has 0 radical (unpaired) electrons. The number of guanidine groups is 1. The first-order valence-corrected chi connectivity index (χ1v) is 8.26. The van der Waals surface area contributed by atoms with E-state index in [4.69, 9.17) is 5.73 Å². The Kier molecular flexibility index (Phi) is 3.17. The van der Waals surface area contributed by atoms with Crippen molar-refractivity contribution in [3.8, 4) is 0 Å². The second kappa shape index (κ2) is 4.61. The van der Waals surface area contributed by atoms with Crippen LogP contribution in [0.4, 0.5) is 13.2 Å². The normalized spacial score (nSPS) is 33.6. The first-order chi connectivity index (χ1) is 10.2. The molecule has 2 heterocycles. The summed E-state index contributed by atoms with van der Waals surface area (Å²) in [7, 11) is -3.17. The van der Waals surface area contributed by atoms with Gasteiger partial charge in [0.05, 0.1) is 5.75 Å². The molecule has 2 aliphatic heterocycles. The first kappa shape index (κ1) is 15.1. The van der Waals surface area contributed by atoms with Crippen LogP contribution in [0.3, 0.4) is 0 Å². The van der Waals surface area contributed by atoms with E-state index < -0.39 is 40.3 Å². The van der Waals surface area contributed by atoms with Gasteiger partial charge in [0.1, 0.15) is 34.4 Å². The van der Waals surface area contributed by atoms with Crippen molar-refractivity contribution in [1.29, 1.82) is 0 Å². The number of hydrogen-bond donors (Lipinski definition) is 1. The standard InChI is InChI=1S/C13H15F3N4OS/c1-12(9-4-2-3-5-10(9)14)8-22(21)18-6-13(15,16)7-20(22)11(17)19-12/h2-5H,6-8H2,1H3,(H2,17,19)/t12-,22?/m0/s1. The highest BCUT2D eigenvalue weighted by atomic mass is 32.2. The molecule has 0 spiro atoms. The molecule has 9 heteroatoms. The van der Waals surface area contributed by atoms with E-state index in [1.54, 1.807) is 13.0 Å². The zero-order valence-corrected chi connectivity index (χ0v) is 12.6. The van der Waals surface area contributed by atoms with Crippen LogP contribution in [0.1, 0.15) is 12.5 Å². The molecular formula is C13H15F3N4OS. The van der Waals surface area contributed by atoms with Gasteiger partial charge in [-0.05, 0) is 13.0 Å². The van der Waals surface area contributed by atoms with E-state index in [9.17, 15) is 17.4 Å². The molecule has 22 heavy (non-hydrogen) atoms. The average Bonchev–Trinajstić information content (AvgIpc) is 2.41. The molecule has 0 aromatic heterocycles. The number of halogens is 3. The van der Waals surface area contributed by atoms with Gasteiger partial charge in [0, 0.05) is 5.56 Å². The summed E-state index contributed by atoms with van der Waals surface area (Å²) < 4.78 is 58.4. The summed E-state index contributed by atoms with van der Waals surface area (Å²) in [6, 6.07) is 5.93. The maximum atomic E-state index is 14.1. The topological polar surface area (TPSA) is 71.0 Å². The third-order valence-electron chi connectivity index (χ3n) is 3.76. The Balaban J connectivity index is 2.12.